The summed E-state index contributed by atoms with van der Waals surface area (Å²) in [5.41, 5.74) is 1.86. The van der Waals surface area contributed by atoms with E-state index >= 15 is 0 Å². The second kappa shape index (κ2) is 8.19. The van der Waals surface area contributed by atoms with E-state index in [1.54, 1.807) is 0 Å². The second-order valence-electron chi connectivity index (χ2n) is 7.98. The highest BCUT2D eigenvalue weighted by atomic mass is 35.5. The van der Waals surface area contributed by atoms with Crippen molar-refractivity contribution < 1.29 is 14.6 Å². The number of nitrogens with zero attached hydrogens (tertiary/aromatic N) is 5. The molecule has 31 heavy (non-hydrogen) atoms. The smallest absolute Gasteiger partial charge is 0.407 e. The van der Waals surface area contributed by atoms with Gasteiger partial charge < -0.3 is 19.6 Å². The van der Waals surface area contributed by atoms with Gasteiger partial charge in [0.1, 0.15) is 11.9 Å². The number of piperidine rings is 1. The standard InChI is InChI=1S/C22H22ClN5O3/c23-21-17(14-7-9-27(10-8-14)22(29)30)11-20(25-26-21)31-16-12-28(13-16)19-6-5-15-3-1-2-4-18(15)24-19/h1-6,11,14,16H,7-10,12-13H2,(H,29,30). The molecule has 3 aromatic rings. The highest BCUT2D eigenvalue weighted by Crippen LogP contribution is 2.34. The van der Waals surface area contributed by atoms with Gasteiger partial charge in [0.2, 0.25) is 5.88 Å². The molecule has 0 saturated carbocycles. The fourth-order valence-corrected chi connectivity index (χ4v) is 4.45. The van der Waals surface area contributed by atoms with Gasteiger partial charge in [0.25, 0.3) is 0 Å². The van der Waals surface area contributed by atoms with E-state index in [9.17, 15) is 4.79 Å². The number of ether oxygens (including phenoxy) is 1. The Kier molecular flexibility index (Phi) is 5.23. The summed E-state index contributed by atoms with van der Waals surface area (Å²) in [6.07, 6.45) is 0.548. The van der Waals surface area contributed by atoms with Crippen molar-refractivity contribution in [2.24, 2.45) is 0 Å². The normalized spacial score (nSPS) is 17.6. The quantitative estimate of drug-likeness (QED) is 0.660. The van der Waals surface area contributed by atoms with E-state index in [1.165, 1.54) is 4.90 Å². The minimum Gasteiger partial charge on any atom is -0.469 e. The molecule has 160 valence electrons. The Morgan fingerprint density at radius 2 is 1.87 bits per heavy atom. The van der Waals surface area contributed by atoms with Crippen LogP contribution >= 0.6 is 11.6 Å². The van der Waals surface area contributed by atoms with Gasteiger partial charge in [-0.25, -0.2) is 9.78 Å². The number of hydrogen-bond acceptors (Lipinski definition) is 6. The van der Waals surface area contributed by atoms with E-state index in [-0.39, 0.29) is 12.0 Å². The second-order valence-corrected chi connectivity index (χ2v) is 8.34. The van der Waals surface area contributed by atoms with Gasteiger partial charge in [0.15, 0.2) is 5.15 Å². The van der Waals surface area contributed by atoms with Gasteiger partial charge in [-0.1, -0.05) is 29.8 Å². The molecule has 5 rings (SSSR count). The number of hydrogen-bond donors (Lipinski definition) is 1. The van der Waals surface area contributed by atoms with Crippen LogP contribution in [0.2, 0.25) is 5.15 Å². The highest BCUT2D eigenvalue weighted by molar-refractivity contribution is 6.30. The molecule has 9 heteroatoms. The molecule has 0 bridgehead atoms. The summed E-state index contributed by atoms with van der Waals surface area (Å²) in [4.78, 5) is 19.4. The van der Waals surface area contributed by atoms with E-state index in [2.05, 4.69) is 27.2 Å². The van der Waals surface area contributed by atoms with Gasteiger partial charge in [-0.15, -0.1) is 10.2 Å². The molecule has 1 aromatic carbocycles. The van der Waals surface area contributed by atoms with Gasteiger partial charge in [0.05, 0.1) is 18.6 Å². The first-order valence-corrected chi connectivity index (χ1v) is 10.7. The monoisotopic (exact) mass is 439 g/mol. The number of rotatable bonds is 4. The number of likely N-dealkylation sites (tertiary alicyclic amines) is 1. The summed E-state index contributed by atoms with van der Waals surface area (Å²) in [6.45, 7) is 2.43. The molecule has 2 fully saturated rings. The lowest BCUT2D eigenvalue weighted by atomic mass is 9.91. The van der Waals surface area contributed by atoms with Crippen molar-refractivity contribution in [1.82, 2.24) is 20.1 Å². The minimum absolute atomic E-state index is 0.00505. The lowest BCUT2D eigenvalue weighted by Gasteiger charge is -2.39. The zero-order chi connectivity index (χ0) is 21.4. The maximum atomic E-state index is 11.1. The van der Waals surface area contributed by atoms with Gasteiger partial charge >= 0.3 is 6.09 Å². The predicted molar refractivity (Wildman–Crippen MR) is 117 cm³/mol. The summed E-state index contributed by atoms with van der Waals surface area (Å²) in [7, 11) is 0. The Balaban J connectivity index is 1.21. The molecule has 0 aliphatic carbocycles. The lowest BCUT2D eigenvalue weighted by Crippen LogP contribution is -2.54. The van der Waals surface area contributed by atoms with Crippen molar-refractivity contribution in [2.75, 3.05) is 31.1 Å². The number of carboxylic acid groups (broad SMARTS) is 1. The van der Waals surface area contributed by atoms with Crippen LogP contribution in [0.3, 0.4) is 0 Å². The molecule has 0 spiro atoms. The molecular formula is C22H22ClN5O3. The Labute approximate surface area is 184 Å². The summed E-state index contributed by atoms with van der Waals surface area (Å²) in [6, 6.07) is 14.0. The van der Waals surface area contributed by atoms with E-state index < -0.39 is 6.09 Å². The molecule has 2 aromatic heterocycles. The molecule has 0 unspecified atom stereocenters. The molecule has 0 radical (unpaired) electrons. The number of fused-ring (bicyclic) bond motifs is 1. The first kappa shape index (κ1) is 19.8. The molecule has 0 atom stereocenters. The average Bonchev–Trinajstić information content (AvgIpc) is 2.77. The number of anilines is 1. The van der Waals surface area contributed by atoms with E-state index in [4.69, 9.17) is 26.4 Å². The largest absolute Gasteiger partial charge is 0.469 e. The van der Waals surface area contributed by atoms with Gasteiger partial charge in [-0.05, 0) is 42.5 Å². The van der Waals surface area contributed by atoms with Crippen LogP contribution in [0.4, 0.5) is 10.6 Å². The maximum Gasteiger partial charge on any atom is 0.407 e. The first-order valence-electron chi connectivity index (χ1n) is 10.4. The Hall–Kier alpha value is -3.13. The lowest BCUT2D eigenvalue weighted by molar-refractivity contribution is 0.131. The van der Waals surface area contributed by atoms with Crippen LogP contribution in [0.1, 0.15) is 24.3 Å². The number of amides is 1. The number of para-hydroxylation sites is 1. The molecule has 2 aliphatic rings. The van der Waals surface area contributed by atoms with Crippen LogP contribution in [-0.4, -0.2) is 63.6 Å². The summed E-state index contributed by atoms with van der Waals surface area (Å²) in [5.74, 6) is 1.54. The van der Waals surface area contributed by atoms with Gasteiger partial charge in [-0.2, -0.15) is 0 Å². The number of pyridine rings is 1. The Morgan fingerprint density at radius 1 is 1.10 bits per heavy atom. The van der Waals surface area contributed by atoms with Crippen LogP contribution in [-0.2, 0) is 0 Å². The maximum absolute atomic E-state index is 11.1. The van der Waals surface area contributed by atoms with Crippen LogP contribution in [0.15, 0.2) is 42.5 Å². The summed E-state index contributed by atoms with van der Waals surface area (Å²) in [5, 5.41) is 18.8. The summed E-state index contributed by atoms with van der Waals surface area (Å²) >= 11 is 6.29. The molecule has 8 nitrogen and oxygen atoms in total. The zero-order valence-electron chi connectivity index (χ0n) is 16.8. The van der Waals surface area contributed by atoms with Gasteiger partial charge in [0, 0.05) is 24.5 Å². The number of aromatic nitrogens is 3. The van der Waals surface area contributed by atoms with Crippen molar-refractivity contribution in [3.8, 4) is 5.88 Å². The van der Waals surface area contributed by atoms with Gasteiger partial charge in [-0.3, -0.25) is 0 Å². The van der Waals surface area contributed by atoms with Crippen molar-refractivity contribution >= 4 is 34.4 Å². The average molecular weight is 440 g/mol. The van der Waals surface area contributed by atoms with Crippen LogP contribution in [0.5, 0.6) is 5.88 Å². The number of benzene rings is 1. The van der Waals surface area contributed by atoms with Crippen LogP contribution in [0.25, 0.3) is 10.9 Å². The topological polar surface area (TPSA) is 91.7 Å². The van der Waals surface area contributed by atoms with Crippen molar-refractivity contribution in [3.05, 3.63) is 53.2 Å². The molecule has 1 N–H and O–H groups in total. The molecule has 2 aliphatic heterocycles. The fraction of sp³-hybridized carbons (Fsp3) is 0.364. The number of halogens is 1. The van der Waals surface area contributed by atoms with Crippen molar-refractivity contribution in [3.63, 3.8) is 0 Å². The molecule has 2 saturated heterocycles. The van der Waals surface area contributed by atoms with Crippen LogP contribution in [0, 0.1) is 0 Å². The predicted octanol–water partition coefficient (Wildman–Crippen LogP) is 3.80. The molecule has 1 amide bonds. The van der Waals surface area contributed by atoms with E-state index in [1.807, 2.05) is 30.3 Å². The van der Waals surface area contributed by atoms with E-state index in [0.29, 0.717) is 37.0 Å². The van der Waals surface area contributed by atoms with Crippen molar-refractivity contribution in [2.45, 2.75) is 24.9 Å². The van der Waals surface area contributed by atoms with Crippen LogP contribution < -0.4 is 9.64 Å². The Bertz CT molecular complexity index is 1110. The molecule has 4 heterocycles. The number of carbonyl (C=O) groups is 1. The third kappa shape index (κ3) is 4.07. The SMILES string of the molecule is O=C(O)N1CCC(c2cc(OC3CN(c4ccc5ccccc5n4)C3)nnc2Cl)CC1. The third-order valence-corrected chi connectivity index (χ3v) is 6.30. The minimum atomic E-state index is -0.878. The first-order chi connectivity index (χ1) is 15.1. The zero-order valence-corrected chi connectivity index (χ0v) is 17.6. The fourth-order valence-electron chi connectivity index (χ4n) is 4.20. The van der Waals surface area contributed by atoms with E-state index in [0.717, 1.165) is 35.4 Å². The molecular weight excluding hydrogens is 418 g/mol. The Morgan fingerprint density at radius 3 is 2.65 bits per heavy atom. The highest BCUT2D eigenvalue weighted by Gasteiger charge is 2.31. The summed E-state index contributed by atoms with van der Waals surface area (Å²) < 4.78 is 6.03. The third-order valence-electron chi connectivity index (χ3n) is 6.00. The van der Waals surface area contributed by atoms with Crippen molar-refractivity contribution in [1.29, 1.82) is 0 Å².